The largest absolute Gasteiger partial charge is 0.451 e. The fraction of sp³-hybridized carbons (Fsp3) is 0.235. The molecule has 6 nitrogen and oxygen atoms in total. The second kappa shape index (κ2) is 9.52. The van der Waals surface area contributed by atoms with Crippen LogP contribution in [0.4, 0.5) is 0 Å². The summed E-state index contributed by atoms with van der Waals surface area (Å²) in [6.07, 6.45) is -0.929. The van der Waals surface area contributed by atoms with Crippen LogP contribution in [0.3, 0.4) is 0 Å². The molecule has 0 saturated carbocycles. The molecule has 2 rings (SSSR count). The van der Waals surface area contributed by atoms with Gasteiger partial charge in [0.15, 0.2) is 6.10 Å². The lowest BCUT2D eigenvalue weighted by Crippen LogP contribution is -2.38. The maximum Gasteiger partial charge on any atom is 0.326 e. The van der Waals surface area contributed by atoms with Crippen LogP contribution < -0.4 is 10.6 Å². The minimum absolute atomic E-state index is 0.299. The summed E-state index contributed by atoms with van der Waals surface area (Å²) in [6, 6.07) is 10.8. The van der Waals surface area contributed by atoms with Gasteiger partial charge in [0.05, 0.1) is 12.1 Å². The first-order valence-corrected chi connectivity index (χ1v) is 9.45. The van der Waals surface area contributed by atoms with E-state index in [9.17, 15) is 14.4 Å². The number of amides is 2. The van der Waals surface area contributed by atoms with Gasteiger partial charge in [-0.2, -0.15) is 0 Å². The normalized spacial score (nSPS) is 11.4. The molecule has 2 aromatic rings. The smallest absolute Gasteiger partial charge is 0.326 e. The van der Waals surface area contributed by atoms with Crippen molar-refractivity contribution in [1.29, 1.82) is 0 Å². The zero-order valence-corrected chi connectivity index (χ0v) is 16.4. The van der Waals surface area contributed by atoms with Crippen molar-refractivity contribution in [2.45, 2.75) is 19.6 Å². The summed E-state index contributed by atoms with van der Waals surface area (Å²) in [4.78, 5) is 36.7. The Bertz CT molecular complexity index is 749. The van der Waals surface area contributed by atoms with Gasteiger partial charge < -0.3 is 15.4 Å². The molecule has 0 radical (unpaired) electrons. The minimum atomic E-state index is -0.929. The molecular formula is C17H17IN2O4S. The summed E-state index contributed by atoms with van der Waals surface area (Å²) in [7, 11) is 0. The maximum atomic E-state index is 12.0. The molecule has 0 fully saturated rings. The van der Waals surface area contributed by atoms with E-state index in [1.807, 2.05) is 46.2 Å². The molecule has 0 aliphatic heterocycles. The van der Waals surface area contributed by atoms with E-state index >= 15 is 0 Å². The first kappa shape index (κ1) is 19.4. The van der Waals surface area contributed by atoms with Crippen molar-refractivity contribution in [1.82, 2.24) is 10.6 Å². The van der Waals surface area contributed by atoms with Gasteiger partial charge in [-0.1, -0.05) is 18.2 Å². The van der Waals surface area contributed by atoms with Crippen molar-refractivity contribution in [3.63, 3.8) is 0 Å². The number of rotatable bonds is 7. The fourth-order valence-electron chi connectivity index (χ4n) is 1.92. The third-order valence-electron chi connectivity index (χ3n) is 3.21. The molecule has 2 N–H and O–H groups in total. The van der Waals surface area contributed by atoms with Crippen LogP contribution in [0.25, 0.3) is 0 Å². The van der Waals surface area contributed by atoms with Gasteiger partial charge in [-0.15, -0.1) is 11.3 Å². The van der Waals surface area contributed by atoms with Crippen LogP contribution in [0.5, 0.6) is 0 Å². The van der Waals surface area contributed by atoms with Crippen molar-refractivity contribution in [3.05, 3.63) is 55.8 Å². The highest BCUT2D eigenvalue weighted by atomic mass is 127. The van der Waals surface area contributed by atoms with Gasteiger partial charge in [-0.25, -0.2) is 0 Å². The average Bonchev–Trinajstić information content (AvgIpc) is 3.11. The van der Waals surface area contributed by atoms with Crippen LogP contribution in [0, 0.1) is 3.57 Å². The average molecular weight is 472 g/mol. The van der Waals surface area contributed by atoms with E-state index in [4.69, 9.17) is 4.74 Å². The lowest BCUT2D eigenvalue weighted by molar-refractivity contribution is -0.153. The number of carbonyl (C=O) groups excluding carboxylic acids is 3. The van der Waals surface area contributed by atoms with E-state index in [0.717, 1.165) is 8.45 Å². The van der Waals surface area contributed by atoms with Gasteiger partial charge in [0.1, 0.15) is 6.54 Å². The third kappa shape index (κ3) is 6.13. The van der Waals surface area contributed by atoms with Crippen LogP contribution in [0.2, 0.25) is 0 Å². The van der Waals surface area contributed by atoms with Crippen LogP contribution in [0.1, 0.15) is 22.2 Å². The van der Waals surface area contributed by atoms with E-state index in [-0.39, 0.29) is 18.4 Å². The van der Waals surface area contributed by atoms with Gasteiger partial charge in [0.2, 0.25) is 0 Å². The molecule has 0 aliphatic rings. The Morgan fingerprint density at radius 3 is 2.60 bits per heavy atom. The van der Waals surface area contributed by atoms with E-state index in [2.05, 4.69) is 10.6 Å². The monoisotopic (exact) mass is 472 g/mol. The lowest BCUT2D eigenvalue weighted by atomic mass is 10.2. The highest BCUT2D eigenvalue weighted by Crippen LogP contribution is 2.11. The van der Waals surface area contributed by atoms with Crippen LogP contribution in [-0.4, -0.2) is 30.4 Å². The number of esters is 1. The van der Waals surface area contributed by atoms with Gasteiger partial charge in [-0.05, 0) is 53.1 Å². The lowest BCUT2D eigenvalue weighted by Gasteiger charge is -2.13. The Kier molecular flexibility index (Phi) is 7.38. The Morgan fingerprint density at radius 2 is 1.92 bits per heavy atom. The topological polar surface area (TPSA) is 84.5 Å². The zero-order chi connectivity index (χ0) is 18.2. The number of ether oxygens (including phenoxy) is 1. The predicted molar refractivity (Wildman–Crippen MR) is 103 cm³/mol. The number of hydrogen-bond acceptors (Lipinski definition) is 5. The number of benzene rings is 1. The molecule has 2 amide bonds. The van der Waals surface area contributed by atoms with Crippen LogP contribution in [-0.2, 0) is 20.9 Å². The van der Waals surface area contributed by atoms with E-state index in [1.54, 1.807) is 18.2 Å². The highest BCUT2D eigenvalue weighted by molar-refractivity contribution is 14.1. The predicted octanol–water partition coefficient (Wildman–Crippen LogP) is 2.33. The first-order valence-electron chi connectivity index (χ1n) is 7.49. The van der Waals surface area contributed by atoms with Crippen molar-refractivity contribution in [3.8, 4) is 0 Å². The van der Waals surface area contributed by atoms with E-state index in [1.165, 1.54) is 18.3 Å². The Hall–Kier alpha value is -1.94. The quantitative estimate of drug-likeness (QED) is 0.479. The highest BCUT2D eigenvalue weighted by Gasteiger charge is 2.18. The van der Waals surface area contributed by atoms with Gasteiger partial charge in [0, 0.05) is 8.45 Å². The van der Waals surface area contributed by atoms with Gasteiger partial charge in [-0.3, -0.25) is 14.4 Å². The summed E-state index contributed by atoms with van der Waals surface area (Å²) in [6.45, 7) is 1.58. The van der Waals surface area contributed by atoms with Crippen molar-refractivity contribution >= 4 is 51.7 Å². The number of thiophene rings is 1. The van der Waals surface area contributed by atoms with Crippen LogP contribution in [0.15, 0.2) is 41.8 Å². The molecule has 1 atom stereocenters. The Morgan fingerprint density at radius 1 is 1.16 bits per heavy atom. The molecule has 25 heavy (non-hydrogen) atoms. The summed E-state index contributed by atoms with van der Waals surface area (Å²) >= 11 is 3.58. The SMILES string of the molecule is CC(OC(=O)CNC(=O)c1ccccc1I)C(=O)NCc1cccs1. The first-order chi connectivity index (χ1) is 12.0. The molecule has 0 bridgehead atoms. The summed E-state index contributed by atoms with van der Waals surface area (Å²) in [5.74, 6) is -1.42. The molecule has 1 aromatic carbocycles. The number of carbonyl (C=O) groups is 3. The molecule has 0 aliphatic carbocycles. The van der Waals surface area contributed by atoms with Gasteiger partial charge in [0.25, 0.3) is 11.8 Å². The van der Waals surface area contributed by atoms with Gasteiger partial charge >= 0.3 is 5.97 Å². The molecule has 1 heterocycles. The molecule has 1 aromatic heterocycles. The number of halogens is 1. The molecule has 132 valence electrons. The Labute approximate surface area is 163 Å². The van der Waals surface area contributed by atoms with E-state index < -0.39 is 12.1 Å². The summed E-state index contributed by atoms with van der Waals surface area (Å²) in [5, 5.41) is 7.10. The van der Waals surface area contributed by atoms with E-state index in [0.29, 0.717) is 12.1 Å². The summed E-state index contributed by atoms with van der Waals surface area (Å²) < 4.78 is 5.82. The minimum Gasteiger partial charge on any atom is -0.451 e. The third-order valence-corrected chi connectivity index (χ3v) is 5.02. The molecular weight excluding hydrogens is 455 g/mol. The second-order valence-electron chi connectivity index (χ2n) is 5.09. The van der Waals surface area contributed by atoms with Crippen LogP contribution >= 0.6 is 33.9 Å². The zero-order valence-electron chi connectivity index (χ0n) is 13.5. The number of hydrogen-bond donors (Lipinski definition) is 2. The van der Waals surface area contributed by atoms with Crippen molar-refractivity contribution in [2.75, 3.05) is 6.54 Å². The van der Waals surface area contributed by atoms with Crippen molar-refractivity contribution in [2.24, 2.45) is 0 Å². The number of nitrogens with one attached hydrogen (secondary N) is 2. The maximum absolute atomic E-state index is 12.0. The standard InChI is InChI=1S/C17H17IN2O4S/c1-11(16(22)19-9-12-5-4-8-25-12)24-15(21)10-20-17(23)13-6-2-3-7-14(13)18/h2-8,11H,9-10H2,1H3,(H,19,22)(H,20,23). The fourth-order valence-corrected chi connectivity index (χ4v) is 3.19. The molecule has 8 heteroatoms. The van der Waals surface area contributed by atoms with Crippen molar-refractivity contribution < 1.29 is 19.1 Å². The Balaban J connectivity index is 1.74. The molecule has 0 saturated heterocycles. The molecule has 1 unspecified atom stereocenters. The summed E-state index contributed by atoms with van der Waals surface area (Å²) in [5.41, 5.74) is 0.484. The molecule has 0 spiro atoms. The second-order valence-corrected chi connectivity index (χ2v) is 7.29.